The third kappa shape index (κ3) is 4.04. The number of carbonyl (C=O) groups excluding carboxylic acids is 1. The van der Waals surface area contributed by atoms with Gasteiger partial charge in [0.25, 0.3) is 5.91 Å². The maximum absolute atomic E-state index is 14.2. The van der Waals surface area contributed by atoms with Crippen LogP contribution in [0, 0.1) is 5.82 Å². The van der Waals surface area contributed by atoms with Crippen LogP contribution in [0.25, 0.3) is 5.69 Å². The summed E-state index contributed by atoms with van der Waals surface area (Å²) in [6.07, 6.45) is 2.00. The molecular formula is C18H25ClFN5O. The Kier molecular flexibility index (Phi) is 6.72. The highest BCUT2D eigenvalue weighted by Crippen LogP contribution is 2.21. The molecule has 1 atom stereocenters. The van der Waals surface area contributed by atoms with Crippen LogP contribution < -0.4 is 5.32 Å². The van der Waals surface area contributed by atoms with E-state index in [1.165, 1.54) is 10.7 Å². The van der Waals surface area contributed by atoms with Crippen LogP contribution in [0.3, 0.4) is 0 Å². The molecule has 3 rings (SSSR count). The molecule has 8 heteroatoms. The van der Waals surface area contributed by atoms with E-state index in [9.17, 15) is 9.18 Å². The minimum atomic E-state index is -0.387. The molecule has 26 heavy (non-hydrogen) atoms. The SMILES string of the molecule is CNC1CCCN(C(=O)c2nc(C(C)C)n(-c3ccccc3F)n2)C1.Cl. The molecule has 1 aromatic heterocycles. The van der Waals surface area contributed by atoms with E-state index < -0.39 is 0 Å². The van der Waals surface area contributed by atoms with Crippen molar-refractivity contribution in [2.75, 3.05) is 20.1 Å². The van der Waals surface area contributed by atoms with Gasteiger partial charge in [-0.05, 0) is 32.0 Å². The van der Waals surface area contributed by atoms with E-state index in [4.69, 9.17) is 0 Å². The Bertz CT molecular complexity index is 764. The van der Waals surface area contributed by atoms with Crippen molar-refractivity contribution < 1.29 is 9.18 Å². The van der Waals surface area contributed by atoms with Crippen LogP contribution in [0.2, 0.25) is 0 Å². The summed E-state index contributed by atoms with van der Waals surface area (Å²) in [5, 5.41) is 7.56. The van der Waals surface area contributed by atoms with Crippen LogP contribution in [0.4, 0.5) is 4.39 Å². The Morgan fingerprint density at radius 3 is 2.73 bits per heavy atom. The number of aromatic nitrogens is 3. The lowest BCUT2D eigenvalue weighted by Crippen LogP contribution is -2.47. The number of amides is 1. The molecule has 1 amide bonds. The molecule has 2 heterocycles. The highest BCUT2D eigenvalue weighted by molar-refractivity contribution is 5.90. The number of benzene rings is 1. The second kappa shape index (κ2) is 8.60. The second-order valence-electron chi connectivity index (χ2n) is 6.69. The van der Waals surface area contributed by atoms with Crippen molar-refractivity contribution in [2.45, 2.75) is 38.6 Å². The molecule has 1 N–H and O–H groups in total. The number of para-hydroxylation sites is 1. The second-order valence-corrected chi connectivity index (χ2v) is 6.69. The first kappa shape index (κ1) is 20.3. The molecule has 0 saturated carbocycles. The predicted molar refractivity (Wildman–Crippen MR) is 101 cm³/mol. The molecule has 1 aromatic carbocycles. The highest BCUT2D eigenvalue weighted by Gasteiger charge is 2.28. The van der Waals surface area contributed by atoms with Gasteiger partial charge in [-0.25, -0.2) is 14.1 Å². The third-order valence-electron chi connectivity index (χ3n) is 4.54. The first-order chi connectivity index (χ1) is 12.0. The quantitative estimate of drug-likeness (QED) is 0.884. The highest BCUT2D eigenvalue weighted by atomic mass is 35.5. The lowest BCUT2D eigenvalue weighted by molar-refractivity contribution is 0.0685. The fourth-order valence-corrected chi connectivity index (χ4v) is 3.13. The zero-order valence-electron chi connectivity index (χ0n) is 15.3. The van der Waals surface area contributed by atoms with Crippen molar-refractivity contribution >= 4 is 18.3 Å². The first-order valence-corrected chi connectivity index (χ1v) is 8.69. The topological polar surface area (TPSA) is 63.1 Å². The number of likely N-dealkylation sites (tertiary alicyclic amines) is 1. The van der Waals surface area contributed by atoms with E-state index in [0.29, 0.717) is 24.6 Å². The van der Waals surface area contributed by atoms with Gasteiger partial charge in [-0.15, -0.1) is 17.5 Å². The molecular weight excluding hydrogens is 357 g/mol. The van der Waals surface area contributed by atoms with Crippen LogP contribution in [0.5, 0.6) is 0 Å². The molecule has 0 aliphatic carbocycles. The van der Waals surface area contributed by atoms with Crippen molar-refractivity contribution in [3.8, 4) is 5.69 Å². The molecule has 0 bridgehead atoms. The molecule has 1 saturated heterocycles. The number of nitrogens with one attached hydrogen (secondary N) is 1. The van der Waals surface area contributed by atoms with Gasteiger partial charge in [0.1, 0.15) is 17.3 Å². The average Bonchev–Trinajstić information content (AvgIpc) is 3.07. The van der Waals surface area contributed by atoms with E-state index in [1.54, 1.807) is 23.1 Å². The van der Waals surface area contributed by atoms with Crippen LogP contribution in [-0.2, 0) is 0 Å². The van der Waals surface area contributed by atoms with E-state index in [-0.39, 0.29) is 41.9 Å². The molecule has 1 aliphatic rings. The summed E-state index contributed by atoms with van der Waals surface area (Å²) in [6, 6.07) is 6.68. The molecule has 1 aliphatic heterocycles. The van der Waals surface area contributed by atoms with Crippen LogP contribution in [0.1, 0.15) is 49.1 Å². The maximum atomic E-state index is 14.2. The Labute approximate surface area is 159 Å². The average molecular weight is 382 g/mol. The van der Waals surface area contributed by atoms with Crippen molar-refractivity contribution in [3.63, 3.8) is 0 Å². The Hall–Kier alpha value is -1.99. The Morgan fingerprint density at radius 1 is 1.35 bits per heavy atom. The standard InChI is InChI=1S/C18H24FN5O.ClH/c1-12(2)17-21-16(18(25)23-10-6-7-13(11-23)20-3)22-24(17)15-9-5-4-8-14(15)19;/h4-5,8-9,12-13,20H,6-7,10-11H2,1-3H3;1H. The molecule has 1 unspecified atom stereocenters. The van der Waals surface area contributed by atoms with Gasteiger partial charge in [-0.2, -0.15) is 0 Å². The van der Waals surface area contributed by atoms with Crippen LogP contribution >= 0.6 is 12.4 Å². The summed E-state index contributed by atoms with van der Waals surface area (Å²) >= 11 is 0. The third-order valence-corrected chi connectivity index (χ3v) is 4.54. The summed E-state index contributed by atoms with van der Waals surface area (Å²) in [7, 11) is 1.90. The molecule has 6 nitrogen and oxygen atoms in total. The number of carbonyl (C=O) groups is 1. The summed E-state index contributed by atoms with van der Waals surface area (Å²) in [6.45, 7) is 5.24. The predicted octanol–water partition coefficient (Wildman–Crippen LogP) is 2.78. The lowest BCUT2D eigenvalue weighted by Gasteiger charge is -2.31. The van der Waals surface area contributed by atoms with Crippen LogP contribution in [-0.4, -0.2) is 51.8 Å². The first-order valence-electron chi connectivity index (χ1n) is 8.69. The van der Waals surface area contributed by atoms with Gasteiger partial charge in [-0.1, -0.05) is 26.0 Å². The lowest BCUT2D eigenvalue weighted by atomic mass is 10.1. The van der Waals surface area contributed by atoms with E-state index in [2.05, 4.69) is 15.4 Å². The van der Waals surface area contributed by atoms with Gasteiger partial charge in [0.15, 0.2) is 0 Å². The van der Waals surface area contributed by atoms with E-state index in [0.717, 1.165) is 12.8 Å². The van der Waals surface area contributed by atoms with Gasteiger partial charge in [0, 0.05) is 25.0 Å². The van der Waals surface area contributed by atoms with Crippen molar-refractivity contribution in [2.24, 2.45) is 0 Å². The van der Waals surface area contributed by atoms with Gasteiger partial charge in [0.05, 0.1) is 0 Å². The number of likely N-dealkylation sites (N-methyl/N-ethyl adjacent to an activating group) is 1. The maximum Gasteiger partial charge on any atom is 0.293 e. The Balaban J connectivity index is 0.00000243. The molecule has 0 spiro atoms. The number of nitrogens with zero attached hydrogens (tertiary/aromatic N) is 4. The van der Waals surface area contributed by atoms with Gasteiger partial charge in [0.2, 0.25) is 5.82 Å². The largest absolute Gasteiger partial charge is 0.334 e. The fourth-order valence-electron chi connectivity index (χ4n) is 3.13. The van der Waals surface area contributed by atoms with Gasteiger partial charge < -0.3 is 10.2 Å². The minimum absolute atomic E-state index is 0. The normalized spacial score (nSPS) is 17.3. The van der Waals surface area contributed by atoms with Crippen molar-refractivity contribution in [1.82, 2.24) is 25.0 Å². The number of hydrogen-bond donors (Lipinski definition) is 1. The fraction of sp³-hybridized carbons (Fsp3) is 0.500. The number of halogens is 2. The minimum Gasteiger partial charge on any atom is -0.334 e. The Morgan fingerprint density at radius 2 is 2.08 bits per heavy atom. The van der Waals surface area contributed by atoms with Gasteiger partial charge >= 0.3 is 0 Å². The van der Waals surface area contributed by atoms with Crippen LogP contribution in [0.15, 0.2) is 24.3 Å². The monoisotopic (exact) mass is 381 g/mol. The van der Waals surface area contributed by atoms with Gasteiger partial charge in [-0.3, -0.25) is 4.79 Å². The summed E-state index contributed by atoms with van der Waals surface area (Å²) in [5.41, 5.74) is 0.310. The molecule has 142 valence electrons. The molecule has 0 radical (unpaired) electrons. The zero-order valence-corrected chi connectivity index (χ0v) is 16.1. The van der Waals surface area contributed by atoms with E-state index >= 15 is 0 Å². The number of hydrogen-bond acceptors (Lipinski definition) is 4. The van der Waals surface area contributed by atoms with Crippen molar-refractivity contribution in [1.29, 1.82) is 0 Å². The van der Waals surface area contributed by atoms with E-state index in [1.807, 2.05) is 20.9 Å². The summed E-state index contributed by atoms with van der Waals surface area (Å²) in [5.74, 6) is 0.137. The number of piperidine rings is 1. The summed E-state index contributed by atoms with van der Waals surface area (Å²) < 4.78 is 15.6. The number of rotatable bonds is 4. The zero-order chi connectivity index (χ0) is 18.0. The summed E-state index contributed by atoms with van der Waals surface area (Å²) in [4.78, 5) is 19.0. The molecule has 2 aromatic rings. The smallest absolute Gasteiger partial charge is 0.293 e. The molecule has 1 fully saturated rings. The van der Waals surface area contributed by atoms with Crippen molar-refractivity contribution in [3.05, 3.63) is 41.7 Å².